The maximum atomic E-state index is 12.6. The number of piperazine rings is 1. The van der Waals surface area contributed by atoms with Gasteiger partial charge in [0, 0.05) is 49.7 Å². The number of nitrogens with one attached hydrogen (secondary N) is 1. The highest BCUT2D eigenvalue weighted by atomic mass is 32.2. The number of carbonyl (C=O) groups is 1. The van der Waals surface area contributed by atoms with E-state index >= 15 is 0 Å². The second kappa shape index (κ2) is 8.65. The minimum atomic E-state index is -3.25. The third-order valence-electron chi connectivity index (χ3n) is 5.76. The predicted molar refractivity (Wildman–Crippen MR) is 121 cm³/mol. The smallest absolute Gasteiger partial charge is 0.255 e. The summed E-state index contributed by atoms with van der Waals surface area (Å²) in [7, 11) is -1.12. The minimum absolute atomic E-state index is 0.180. The number of rotatable bonds is 4. The quantitative estimate of drug-likeness (QED) is 0.811. The van der Waals surface area contributed by atoms with Gasteiger partial charge in [-0.15, -0.1) is 0 Å². The minimum Gasteiger partial charge on any atom is -0.369 e. The fraction of sp³-hybridized carbons (Fsp3) is 0.409. The highest BCUT2D eigenvalue weighted by Crippen LogP contribution is 2.24. The molecule has 2 aliphatic heterocycles. The van der Waals surface area contributed by atoms with Gasteiger partial charge in [-0.1, -0.05) is 0 Å². The Bertz CT molecular complexity index is 982. The van der Waals surface area contributed by atoms with Gasteiger partial charge in [-0.25, -0.2) is 8.42 Å². The van der Waals surface area contributed by atoms with Crippen molar-refractivity contribution in [2.45, 2.75) is 12.8 Å². The molecular formula is C22H28N4O3S. The van der Waals surface area contributed by atoms with Crippen LogP contribution in [0.25, 0.3) is 0 Å². The van der Waals surface area contributed by atoms with Crippen LogP contribution in [0, 0.1) is 0 Å². The van der Waals surface area contributed by atoms with Gasteiger partial charge in [-0.2, -0.15) is 0 Å². The molecule has 1 amide bonds. The topological polar surface area (TPSA) is 73.0 Å². The Kier molecular flexibility index (Phi) is 5.97. The molecule has 2 fully saturated rings. The summed E-state index contributed by atoms with van der Waals surface area (Å²) in [4.78, 5) is 17.3. The Labute approximate surface area is 178 Å². The van der Waals surface area contributed by atoms with Gasteiger partial charge in [-0.3, -0.25) is 9.10 Å². The first-order valence-corrected chi connectivity index (χ1v) is 12.0. The molecule has 7 nitrogen and oxygen atoms in total. The molecule has 0 aliphatic carbocycles. The summed E-state index contributed by atoms with van der Waals surface area (Å²) in [5.74, 6) is -0.0327. The Morgan fingerprint density at radius 3 is 2.10 bits per heavy atom. The van der Waals surface area contributed by atoms with Gasteiger partial charge in [0.25, 0.3) is 5.91 Å². The lowest BCUT2D eigenvalue weighted by atomic mass is 10.1. The third kappa shape index (κ3) is 4.60. The number of amides is 1. The van der Waals surface area contributed by atoms with E-state index < -0.39 is 10.0 Å². The SMILES string of the molecule is CN1CCN(c2ccc(NC(=O)c3ccc(N4CCCCS4(=O)=O)cc3)cc2)CC1. The Morgan fingerprint density at radius 1 is 0.833 bits per heavy atom. The van der Waals surface area contributed by atoms with E-state index in [-0.39, 0.29) is 11.7 Å². The number of anilines is 3. The molecule has 4 rings (SSSR count). The summed E-state index contributed by atoms with van der Waals surface area (Å²) in [5.41, 5.74) is 3.01. The molecule has 30 heavy (non-hydrogen) atoms. The molecule has 0 unspecified atom stereocenters. The lowest BCUT2D eigenvalue weighted by Crippen LogP contribution is -2.44. The number of nitrogens with zero attached hydrogens (tertiary/aromatic N) is 3. The van der Waals surface area contributed by atoms with Crippen molar-refractivity contribution in [1.29, 1.82) is 0 Å². The summed E-state index contributed by atoms with van der Waals surface area (Å²) in [5, 5.41) is 2.91. The van der Waals surface area contributed by atoms with E-state index in [0.717, 1.165) is 44.0 Å². The molecule has 160 valence electrons. The van der Waals surface area contributed by atoms with Crippen LogP contribution < -0.4 is 14.5 Å². The lowest BCUT2D eigenvalue weighted by Gasteiger charge is -2.34. The molecule has 0 saturated carbocycles. The Morgan fingerprint density at radius 2 is 1.47 bits per heavy atom. The van der Waals surface area contributed by atoms with Gasteiger partial charge in [0.1, 0.15) is 0 Å². The van der Waals surface area contributed by atoms with Crippen LogP contribution in [0.1, 0.15) is 23.2 Å². The van der Waals surface area contributed by atoms with E-state index in [1.165, 1.54) is 4.31 Å². The monoisotopic (exact) mass is 428 g/mol. The van der Waals surface area contributed by atoms with Crippen molar-refractivity contribution in [3.63, 3.8) is 0 Å². The van der Waals surface area contributed by atoms with E-state index in [1.807, 2.05) is 24.3 Å². The zero-order valence-electron chi connectivity index (χ0n) is 17.3. The molecule has 0 aromatic heterocycles. The van der Waals surface area contributed by atoms with Crippen LogP contribution in [0.5, 0.6) is 0 Å². The molecule has 2 aromatic rings. The van der Waals surface area contributed by atoms with E-state index in [1.54, 1.807) is 24.3 Å². The zero-order chi connectivity index (χ0) is 21.1. The number of sulfonamides is 1. The second-order valence-electron chi connectivity index (χ2n) is 7.93. The Hall–Kier alpha value is -2.58. The molecule has 0 radical (unpaired) electrons. The number of likely N-dealkylation sites (N-methyl/N-ethyl adjacent to an activating group) is 1. The van der Waals surface area contributed by atoms with Gasteiger partial charge in [0.15, 0.2) is 0 Å². The maximum absolute atomic E-state index is 12.6. The summed E-state index contributed by atoms with van der Waals surface area (Å²) < 4.78 is 25.9. The summed E-state index contributed by atoms with van der Waals surface area (Å²) in [6.07, 6.45) is 1.55. The molecule has 2 saturated heterocycles. The van der Waals surface area contributed by atoms with Crippen LogP contribution in [0.4, 0.5) is 17.1 Å². The van der Waals surface area contributed by atoms with Crippen LogP contribution in [-0.4, -0.2) is 64.7 Å². The molecular weight excluding hydrogens is 400 g/mol. The number of benzene rings is 2. The number of hydrogen-bond donors (Lipinski definition) is 1. The highest BCUT2D eigenvalue weighted by Gasteiger charge is 2.26. The summed E-state index contributed by atoms with van der Waals surface area (Å²) >= 11 is 0. The zero-order valence-corrected chi connectivity index (χ0v) is 18.1. The van der Waals surface area contributed by atoms with Crippen LogP contribution >= 0.6 is 0 Å². The predicted octanol–water partition coefficient (Wildman–Crippen LogP) is 2.62. The molecule has 8 heteroatoms. The van der Waals surface area contributed by atoms with E-state index in [9.17, 15) is 13.2 Å². The van der Waals surface area contributed by atoms with Crippen LogP contribution in [0.3, 0.4) is 0 Å². The largest absolute Gasteiger partial charge is 0.369 e. The van der Waals surface area contributed by atoms with Crippen molar-refractivity contribution in [3.05, 3.63) is 54.1 Å². The van der Waals surface area contributed by atoms with E-state index in [2.05, 4.69) is 22.2 Å². The maximum Gasteiger partial charge on any atom is 0.255 e. The average molecular weight is 429 g/mol. The van der Waals surface area contributed by atoms with Crippen molar-refractivity contribution >= 4 is 33.0 Å². The fourth-order valence-electron chi connectivity index (χ4n) is 3.88. The normalized spacial score (nSPS) is 19.5. The fourth-order valence-corrected chi connectivity index (χ4v) is 5.52. The van der Waals surface area contributed by atoms with Gasteiger partial charge in [0.2, 0.25) is 10.0 Å². The molecule has 0 bridgehead atoms. The molecule has 0 atom stereocenters. The van der Waals surface area contributed by atoms with Gasteiger partial charge in [0.05, 0.1) is 11.4 Å². The van der Waals surface area contributed by atoms with Gasteiger partial charge < -0.3 is 15.1 Å². The van der Waals surface area contributed by atoms with Gasteiger partial charge >= 0.3 is 0 Å². The lowest BCUT2D eigenvalue weighted by molar-refractivity contribution is 0.102. The summed E-state index contributed by atoms with van der Waals surface area (Å²) in [6, 6.07) is 14.7. The van der Waals surface area contributed by atoms with Crippen molar-refractivity contribution in [2.24, 2.45) is 0 Å². The standard InChI is InChI=1S/C22H28N4O3S/c1-24-13-15-25(16-14-24)20-10-6-19(7-11-20)23-22(27)18-4-8-21(9-5-18)26-12-2-3-17-30(26,28)29/h4-11H,2-3,12-17H2,1H3,(H,23,27). The number of hydrogen-bond acceptors (Lipinski definition) is 5. The van der Waals surface area contributed by atoms with E-state index in [0.29, 0.717) is 24.2 Å². The van der Waals surface area contributed by atoms with Crippen molar-refractivity contribution in [2.75, 3.05) is 60.0 Å². The van der Waals surface area contributed by atoms with Crippen LogP contribution in [0.15, 0.2) is 48.5 Å². The number of carbonyl (C=O) groups excluding carboxylic acids is 1. The molecule has 2 heterocycles. The first-order valence-electron chi connectivity index (χ1n) is 10.4. The average Bonchev–Trinajstić information content (AvgIpc) is 2.75. The first kappa shape index (κ1) is 20.7. The van der Waals surface area contributed by atoms with Crippen molar-refractivity contribution in [1.82, 2.24) is 4.90 Å². The first-order chi connectivity index (χ1) is 14.4. The molecule has 0 spiro atoms. The van der Waals surface area contributed by atoms with Crippen molar-refractivity contribution in [3.8, 4) is 0 Å². The third-order valence-corrected chi connectivity index (χ3v) is 7.63. The van der Waals surface area contributed by atoms with Gasteiger partial charge in [-0.05, 0) is 68.4 Å². The van der Waals surface area contributed by atoms with Crippen LogP contribution in [0.2, 0.25) is 0 Å². The molecule has 2 aromatic carbocycles. The van der Waals surface area contributed by atoms with E-state index in [4.69, 9.17) is 0 Å². The summed E-state index contributed by atoms with van der Waals surface area (Å²) in [6.45, 7) is 4.59. The molecule has 1 N–H and O–H groups in total. The highest BCUT2D eigenvalue weighted by molar-refractivity contribution is 7.92. The van der Waals surface area contributed by atoms with Crippen LogP contribution in [-0.2, 0) is 10.0 Å². The second-order valence-corrected chi connectivity index (χ2v) is 9.95. The molecule has 2 aliphatic rings. The Balaban J connectivity index is 1.39. The van der Waals surface area contributed by atoms with Crippen molar-refractivity contribution < 1.29 is 13.2 Å².